The average molecular weight is 412 g/mol. The number of halogens is 1. The van der Waals surface area contributed by atoms with Gasteiger partial charge in [-0.1, -0.05) is 17.7 Å². The second kappa shape index (κ2) is 8.08. The van der Waals surface area contributed by atoms with E-state index in [1.807, 2.05) is 50.4 Å². The number of benzene rings is 1. The number of carbonyl (C=O) groups excluding carboxylic acids is 1. The van der Waals surface area contributed by atoms with Crippen LogP contribution in [0.1, 0.15) is 11.4 Å². The summed E-state index contributed by atoms with van der Waals surface area (Å²) in [6, 6.07) is 9.22. The number of hydrogen-bond donors (Lipinski definition) is 1. The summed E-state index contributed by atoms with van der Waals surface area (Å²) >= 11 is 6.22. The molecule has 0 bridgehead atoms. The third-order valence-corrected chi connectivity index (χ3v) is 5.12. The van der Waals surface area contributed by atoms with Crippen molar-refractivity contribution < 1.29 is 4.79 Å². The van der Waals surface area contributed by atoms with Crippen molar-refractivity contribution >= 4 is 29.1 Å². The van der Waals surface area contributed by atoms with Gasteiger partial charge in [0.2, 0.25) is 0 Å². The Balaban J connectivity index is 1.41. The largest absolute Gasteiger partial charge is 0.353 e. The van der Waals surface area contributed by atoms with E-state index in [-0.39, 0.29) is 6.03 Å². The van der Waals surface area contributed by atoms with Crippen molar-refractivity contribution in [2.24, 2.45) is 0 Å². The summed E-state index contributed by atoms with van der Waals surface area (Å²) < 4.78 is 1.72. The van der Waals surface area contributed by atoms with Crippen LogP contribution >= 0.6 is 11.6 Å². The molecule has 29 heavy (non-hydrogen) atoms. The molecule has 4 rings (SSSR count). The van der Waals surface area contributed by atoms with E-state index in [1.165, 1.54) is 0 Å². The highest BCUT2D eigenvalue weighted by molar-refractivity contribution is 6.33. The molecule has 0 aliphatic carbocycles. The molecule has 2 amide bonds. The van der Waals surface area contributed by atoms with E-state index in [0.717, 1.165) is 17.2 Å². The topological polar surface area (TPSA) is 79.2 Å². The number of nitrogens with one attached hydrogen (secondary N) is 1. The molecule has 1 N–H and O–H groups in total. The zero-order chi connectivity index (χ0) is 20.4. The van der Waals surface area contributed by atoms with Crippen LogP contribution in [0.3, 0.4) is 0 Å². The van der Waals surface area contributed by atoms with E-state index in [1.54, 1.807) is 15.8 Å². The van der Waals surface area contributed by atoms with E-state index < -0.39 is 0 Å². The van der Waals surface area contributed by atoms with Crippen LogP contribution in [0.15, 0.2) is 42.7 Å². The summed E-state index contributed by atoms with van der Waals surface area (Å²) in [7, 11) is 0. The fraction of sp³-hybridized carbons (Fsp3) is 0.300. The Morgan fingerprint density at radius 1 is 1.07 bits per heavy atom. The first-order chi connectivity index (χ1) is 14.0. The van der Waals surface area contributed by atoms with Crippen LogP contribution < -0.4 is 10.2 Å². The molecule has 3 aromatic rings. The summed E-state index contributed by atoms with van der Waals surface area (Å²) in [6.45, 7) is 6.38. The van der Waals surface area contributed by atoms with Gasteiger partial charge in [0, 0.05) is 44.6 Å². The predicted molar refractivity (Wildman–Crippen MR) is 113 cm³/mol. The van der Waals surface area contributed by atoms with Crippen LogP contribution in [-0.2, 0) is 0 Å². The van der Waals surface area contributed by atoms with Crippen molar-refractivity contribution in [3.63, 3.8) is 0 Å². The number of rotatable bonds is 3. The average Bonchev–Trinajstić information content (AvgIpc) is 3.25. The summed E-state index contributed by atoms with van der Waals surface area (Å²) in [5, 5.41) is 7.68. The smallest absolute Gasteiger partial charge is 0.322 e. The molecular formula is C20H22ClN7O. The minimum atomic E-state index is -0.147. The zero-order valence-corrected chi connectivity index (χ0v) is 17.1. The molecule has 150 valence electrons. The molecule has 3 heterocycles. The van der Waals surface area contributed by atoms with Gasteiger partial charge in [0.05, 0.1) is 10.7 Å². The van der Waals surface area contributed by atoms with Crippen LogP contribution in [0.5, 0.6) is 0 Å². The quantitative estimate of drug-likeness (QED) is 0.715. The molecule has 2 aromatic heterocycles. The molecule has 1 aliphatic rings. The second-order valence-electron chi connectivity index (χ2n) is 6.97. The van der Waals surface area contributed by atoms with Gasteiger partial charge < -0.3 is 15.1 Å². The van der Waals surface area contributed by atoms with Gasteiger partial charge in [-0.25, -0.2) is 19.4 Å². The molecule has 0 atom stereocenters. The van der Waals surface area contributed by atoms with Gasteiger partial charge >= 0.3 is 6.03 Å². The van der Waals surface area contributed by atoms with Crippen molar-refractivity contribution in [2.45, 2.75) is 13.8 Å². The Morgan fingerprint density at radius 3 is 2.52 bits per heavy atom. The van der Waals surface area contributed by atoms with Gasteiger partial charge in [-0.2, -0.15) is 5.10 Å². The van der Waals surface area contributed by atoms with E-state index >= 15 is 0 Å². The first-order valence-corrected chi connectivity index (χ1v) is 9.80. The fourth-order valence-corrected chi connectivity index (χ4v) is 3.56. The fourth-order valence-electron chi connectivity index (χ4n) is 3.27. The molecule has 9 heteroatoms. The maximum absolute atomic E-state index is 12.6. The summed E-state index contributed by atoms with van der Waals surface area (Å²) in [5.41, 5.74) is 1.68. The molecule has 1 fully saturated rings. The van der Waals surface area contributed by atoms with Crippen molar-refractivity contribution in [3.8, 4) is 5.82 Å². The highest BCUT2D eigenvalue weighted by atomic mass is 35.5. The van der Waals surface area contributed by atoms with Crippen LogP contribution in [0, 0.1) is 13.8 Å². The van der Waals surface area contributed by atoms with Crippen molar-refractivity contribution in [1.29, 1.82) is 0 Å². The SMILES string of the molecule is Cc1ccc(NC(=O)N2CCN(c3cc(-n4cccn4)nc(C)n3)CC2)c(Cl)c1. The summed E-state index contributed by atoms with van der Waals surface area (Å²) in [4.78, 5) is 25.6. The molecule has 0 spiro atoms. The van der Waals surface area contributed by atoms with Gasteiger partial charge in [-0.05, 0) is 37.6 Å². The van der Waals surface area contributed by atoms with E-state index in [4.69, 9.17) is 11.6 Å². The van der Waals surface area contributed by atoms with E-state index in [9.17, 15) is 4.79 Å². The highest BCUT2D eigenvalue weighted by Gasteiger charge is 2.23. The number of urea groups is 1. The summed E-state index contributed by atoms with van der Waals surface area (Å²) in [5.74, 6) is 2.25. The molecule has 1 aliphatic heterocycles. The third-order valence-electron chi connectivity index (χ3n) is 4.81. The molecule has 0 unspecified atom stereocenters. The minimum Gasteiger partial charge on any atom is -0.353 e. The molecular weight excluding hydrogens is 390 g/mol. The van der Waals surface area contributed by atoms with Crippen LogP contribution in [0.2, 0.25) is 5.02 Å². The van der Waals surface area contributed by atoms with Gasteiger partial charge in [0.25, 0.3) is 0 Å². The predicted octanol–water partition coefficient (Wildman–Crippen LogP) is 3.29. The maximum atomic E-state index is 12.6. The maximum Gasteiger partial charge on any atom is 0.322 e. The van der Waals surface area contributed by atoms with E-state index in [2.05, 4.69) is 25.3 Å². The number of aryl methyl sites for hydroxylation is 2. The minimum absolute atomic E-state index is 0.147. The number of aromatic nitrogens is 4. The first-order valence-electron chi connectivity index (χ1n) is 9.42. The van der Waals surface area contributed by atoms with Gasteiger partial charge in [-0.15, -0.1) is 0 Å². The Morgan fingerprint density at radius 2 is 1.83 bits per heavy atom. The van der Waals surface area contributed by atoms with E-state index in [0.29, 0.717) is 42.7 Å². The van der Waals surface area contributed by atoms with Crippen LogP contribution in [-0.4, -0.2) is 56.9 Å². The zero-order valence-electron chi connectivity index (χ0n) is 16.3. The summed E-state index contributed by atoms with van der Waals surface area (Å²) in [6.07, 6.45) is 3.57. The standard InChI is InChI=1S/C20H22ClN7O/c1-14-4-5-17(16(21)12-14)25-20(29)27-10-8-26(9-11-27)18-13-19(24-15(2)23-18)28-7-3-6-22-28/h3-7,12-13H,8-11H2,1-2H3,(H,25,29). The highest BCUT2D eigenvalue weighted by Crippen LogP contribution is 2.23. The lowest BCUT2D eigenvalue weighted by Crippen LogP contribution is -2.50. The number of piperazine rings is 1. The van der Waals surface area contributed by atoms with Crippen molar-refractivity contribution in [2.75, 3.05) is 36.4 Å². The second-order valence-corrected chi connectivity index (χ2v) is 7.38. The monoisotopic (exact) mass is 411 g/mol. The lowest BCUT2D eigenvalue weighted by Gasteiger charge is -2.35. The Labute approximate surface area is 174 Å². The lowest BCUT2D eigenvalue weighted by atomic mass is 10.2. The van der Waals surface area contributed by atoms with Gasteiger partial charge in [0.15, 0.2) is 5.82 Å². The lowest BCUT2D eigenvalue weighted by molar-refractivity contribution is 0.208. The van der Waals surface area contributed by atoms with Gasteiger partial charge in [-0.3, -0.25) is 0 Å². The van der Waals surface area contributed by atoms with Crippen molar-refractivity contribution in [1.82, 2.24) is 24.6 Å². The number of nitrogens with zero attached hydrogens (tertiary/aromatic N) is 6. The molecule has 0 saturated carbocycles. The van der Waals surface area contributed by atoms with Gasteiger partial charge in [0.1, 0.15) is 11.6 Å². The number of amides is 2. The van der Waals surface area contributed by atoms with Crippen molar-refractivity contribution in [3.05, 3.63) is 59.1 Å². The molecule has 1 saturated heterocycles. The Kier molecular flexibility index (Phi) is 5.35. The first kappa shape index (κ1) is 19.2. The molecule has 1 aromatic carbocycles. The van der Waals surface area contributed by atoms with Crippen LogP contribution in [0.25, 0.3) is 5.82 Å². The molecule has 8 nitrogen and oxygen atoms in total. The molecule has 0 radical (unpaired) electrons. The number of anilines is 2. The third kappa shape index (κ3) is 4.32. The normalized spacial score (nSPS) is 14.2. The number of carbonyl (C=O) groups is 1. The number of hydrogen-bond acceptors (Lipinski definition) is 5. The Hall–Kier alpha value is -3.13. The van der Waals surface area contributed by atoms with Crippen LogP contribution in [0.4, 0.5) is 16.3 Å². The Bertz CT molecular complexity index is 1010.